The van der Waals surface area contributed by atoms with Crippen molar-refractivity contribution >= 4 is 0 Å². The Labute approximate surface area is 66.2 Å². The van der Waals surface area contributed by atoms with E-state index in [1.807, 2.05) is 12.2 Å². The molecule has 0 amide bonds. The van der Waals surface area contributed by atoms with Gasteiger partial charge in [0.2, 0.25) is 0 Å². The van der Waals surface area contributed by atoms with Crippen molar-refractivity contribution in [2.24, 2.45) is 0 Å². The van der Waals surface area contributed by atoms with Crippen molar-refractivity contribution in [3.63, 3.8) is 0 Å². The summed E-state index contributed by atoms with van der Waals surface area (Å²) < 4.78 is 15.2. The molecular weight excluding hydrogens is 144 g/mol. The predicted octanol–water partition coefficient (Wildman–Crippen LogP) is 1.07. The second-order valence-electron chi connectivity index (χ2n) is 2.19. The lowest BCUT2D eigenvalue weighted by Crippen LogP contribution is -2.25. The van der Waals surface area contributed by atoms with Gasteiger partial charge in [-0.25, -0.2) is 0 Å². The molecule has 0 saturated heterocycles. The number of rotatable bonds is 2. The highest BCUT2D eigenvalue weighted by molar-refractivity contribution is 5.02. The van der Waals surface area contributed by atoms with Crippen LogP contribution < -0.4 is 0 Å². The molecule has 11 heavy (non-hydrogen) atoms. The molecule has 0 fully saturated rings. The van der Waals surface area contributed by atoms with Gasteiger partial charge < -0.3 is 14.2 Å². The van der Waals surface area contributed by atoms with Gasteiger partial charge in [0.15, 0.2) is 0 Å². The van der Waals surface area contributed by atoms with Gasteiger partial charge in [-0.3, -0.25) is 0 Å². The van der Waals surface area contributed by atoms with E-state index in [2.05, 4.69) is 0 Å². The van der Waals surface area contributed by atoms with E-state index >= 15 is 0 Å². The number of hydrogen-bond acceptors (Lipinski definition) is 3. The molecule has 1 heterocycles. The minimum absolute atomic E-state index is 0.0567. The van der Waals surface area contributed by atoms with Gasteiger partial charge in [-0.05, 0) is 12.2 Å². The van der Waals surface area contributed by atoms with Crippen LogP contribution in [0.25, 0.3) is 0 Å². The number of ether oxygens (including phenoxy) is 3. The third kappa shape index (κ3) is 2.06. The topological polar surface area (TPSA) is 27.7 Å². The average Bonchev–Trinajstić information content (AvgIpc) is 2.27. The predicted molar refractivity (Wildman–Crippen MR) is 41.0 cm³/mol. The molecule has 0 aromatic carbocycles. The van der Waals surface area contributed by atoms with Crippen molar-refractivity contribution in [1.29, 1.82) is 0 Å². The Morgan fingerprint density at radius 3 is 1.82 bits per heavy atom. The highest BCUT2D eigenvalue weighted by Crippen LogP contribution is 2.09. The van der Waals surface area contributed by atoms with E-state index in [1.54, 1.807) is 26.7 Å². The molecule has 0 saturated carbocycles. The molecule has 0 aromatic heterocycles. The highest BCUT2D eigenvalue weighted by Gasteiger charge is 2.16. The van der Waals surface area contributed by atoms with Gasteiger partial charge in [0.25, 0.3) is 0 Å². The maximum absolute atomic E-state index is 5.13. The Bertz CT molecular complexity index is 145. The van der Waals surface area contributed by atoms with Crippen molar-refractivity contribution in [3.8, 4) is 0 Å². The average molecular weight is 156 g/mol. The highest BCUT2D eigenvalue weighted by atomic mass is 16.5. The maximum Gasteiger partial charge on any atom is 0.108 e. The van der Waals surface area contributed by atoms with Crippen molar-refractivity contribution in [2.45, 2.75) is 12.2 Å². The first kappa shape index (κ1) is 8.30. The van der Waals surface area contributed by atoms with E-state index in [4.69, 9.17) is 14.2 Å². The van der Waals surface area contributed by atoms with E-state index in [9.17, 15) is 0 Å². The quantitative estimate of drug-likeness (QED) is 0.598. The van der Waals surface area contributed by atoms with Crippen LogP contribution in [0, 0.1) is 0 Å². The molecule has 0 spiro atoms. The molecule has 1 aliphatic rings. The van der Waals surface area contributed by atoms with E-state index in [-0.39, 0.29) is 12.2 Å². The normalized spacial score (nSPS) is 29.6. The minimum Gasteiger partial charge on any atom is -0.473 e. The summed E-state index contributed by atoms with van der Waals surface area (Å²) in [5.41, 5.74) is 0. The zero-order valence-corrected chi connectivity index (χ0v) is 6.69. The summed E-state index contributed by atoms with van der Waals surface area (Å²) in [4.78, 5) is 0. The van der Waals surface area contributed by atoms with Gasteiger partial charge in [-0.2, -0.15) is 0 Å². The van der Waals surface area contributed by atoms with Crippen LogP contribution in [0.1, 0.15) is 0 Å². The Balaban J connectivity index is 2.63. The summed E-state index contributed by atoms with van der Waals surface area (Å²) in [6.07, 6.45) is 6.69. The van der Waals surface area contributed by atoms with Crippen LogP contribution in [0.4, 0.5) is 0 Å². The lowest BCUT2D eigenvalue weighted by molar-refractivity contribution is 0.0155. The summed E-state index contributed by atoms with van der Waals surface area (Å²) in [5.74, 6) is 0. The Kier molecular flexibility index (Phi) is 3.14. The third-order valence-electron chi connectivity index (χ3n) is 1.56. The smallest absolute Gasteiger partial charge is 0.108 e. The van der Waals surface area contributed by atoms with Crippen molar-refractivity contribution in [2.75, 3.05) is 14.2 Å². The van der Waals surface area contributed by atoms with Gasteiger partial charge in [-0.15, -0.1) is 0 Å². The van der Waals surface area contributed by atoms with Crippen LogP contribution in [-0.2, 0) is 14.2 Å². The lowest BCUT2D eigenvalue weighted by atomic mass is 10.2. The molecule has 3 nitrogen and oxygen atoms in total. The molecule has 2 atom stereocenters. The van der Waals surface area contributed by atoms with Gasteiger partial charge >= 0.3 is 0 Å². The first-order valence-corrected chi connectivity index (χ1v) is 3.43. The van der Waals surface area contributed by atoms with E-state index in [0.717, 1.165) is 0 Å². The second-order valence-corrected chi connectivity index (χ2v) is 2.19. The number of hydrogen-bond donors (Lipinski definition) is 0. The minimum atomic E-state index is -0.0567. The monoisotopic (exact) mass is 156 g/mol. The summed E-state index contributed by atoms with van der Waals surface area (Å²) in [6, 6.07) is 0. The van der Waals surface area contributed by atoms with Crippen molar-refractivity contribution in [3.05, 3.63) is 24.7 Å². The van der Waals surface area contributed by atoms with Crippen LogP contribution >= 0.6 is 0 Å². The first-order valence-electron chi connectivity index (χ1n) is 3.43. The fourth-order valence-corrected chi connectivity index (χ4v) is 0.935. The summed E-state index contributed by atoms with van der Waals surface area (Å²) >= 11 is 0. The van der Waals surface area contributed by atoms with E-state index in [0.29, 0.717) is 0 Å². The zero-order chi connectivity index (χ0) is 8.10. The van der Waals surface area contributed by atoms with Crippen molar-refractivity contribution in [1.82, 2.24) is 0 Å². The molecule has 2 unspecified atom stereocenters. The molecule has 0 bridgehead atoms. The number of methoxy groups -OCH3 is 2. The molecule has 3 heteroatoms. The Morgan fingerprint density at radius 1 is 1.00 bits per heavy atom. The molecule has 0 aliphatic carbocycles. The molecule has 62 valence electrons. The fraction of sp³-hybridized carbons (Fsp3) is 0.500. The van der Waals surface area contributed by atoms with Crippen LogP contribution in [0.3, 0.4) is 0 Å². The van der Waals surface area contributed by atoms with Crippen LogP contribution in [0.2, 0.25) is 0 Å². The van der Waals surface area contributed by atoms with Crippen LogP contribution in [-0.4, -0.2) is 26.4 Å². The second kappa shape index (κ2) is 4.16. The molecular formula is C8H12O3. The van der Waals surface area contributed by atoms with Crippen LogP contribution in [0.15, 0.2) is 24.7 Å². The zero-order valence-electron chi connectivity index (χ0n) is 6.69. The first-order chi connectivity index (χ1) is 5.38. The fourth-order valence-electron chi connectivity index (χ4n) is 0.935. The molecule has 0 radical (unpaired) electrons. The molecule has 0 aromatic rings. The SMILES string of the molecule is COC1C=COC=CC1OC. The standard InChI is InChI=1S/C8H12O3/c1-9-7-3-5-11-6-4-8(7)10-2/h3-8H,1-2H3. The summed E-state index contributed by atoms with van der Waals surface area (Å²) in [7, 11) is 3.28. The van der Waals surface area contributed by atoms with E-state index < -0.39 is 0 Å². The summed E-state index contributed by atoms with van der Waals surface area (Å²) in [6.45, 7) is 0. The van der Waals surface area contributed by atoms with Gasteiger partial charge in [-0.1, -0.05) is 0 Å². The lowest BCUT2D eigenvalue weighted by Gasteiger charge is -2.16. The van der Waals surface area contributed by atoms with E-state index in [1.165, 1.54) is 0 Å². The molecule has 1 rings (SSSR count). The Morgan fingerprint density at radius 2 is 1.45 bits per heavy atom. The van der Waals surface area contributed by atoms with Crippen molar-refractivity contribution < 1.29 is 14.2 Å². The maximum atomic E-state index is 5.13. The largest absolute Gasteiger partial charge is 0.473 e. The van der Waals surface area contributed by atoms with Gasteiger partial charge in [0.1, 0.15) is 12.2 Å². The summed E-state index contributed by atoms with van der Waals surface area (Å²) in [5, 5.41) is 0. The Hall–Kier alpha value is -0.800. The van der Waals surface area contributed by atoms with Gasteiger partial charge in [0.05, 0.1) is 12.5 Å². The van der Waals surface area contributed by atoms with Gasteiger partial charge in [0, 0.05) is 14.2 Å². The third-order valence-corrected chi connectivity index (χ3v) is 1.56. The molecule has 0 N–H and O–H groups in total. The molecule has 1 aliphatic heterocycles. The van der Waals surface area contributed by atoms with Crippen LogP contribution in [0.5, 0.6) is 0 Å².